The molecule has 0 saturated heterocycles. The van der Waals surface area contributed by atoms with Gasteiger partial charge in [0.2, 0.25) is 0 Å². The number of hydrogen-bond donors (Lipinski definition) is 1. The number of benzene rings is 2. The molecular weight excluding hydrogens is 298 g/mol. The van der Waals surface area contributed by atoms with Gasteiger partial charge in [-0.25, -0.2) is 0 Å². The standard InChI is InChI=1S/C21H29NO2/c1-5-23-21(24-6-2)19-9-7-17(8-10-19)15-22-20-13-11-18(12-14-20)16(3)4/h7-14,16,21-22H,5-6,15H2,1-4H3. The van der Waals surface area contributed by atoms with E-state index < -0.39 is 0 Å². The molecule has 0 amide bonds. The molecule has 0 aromatic heterocycles. The molecule has 0 fully saturated rings. The molecule has 0 aliphatic heterocycles. The van der Waals surface area contributed by atoms with Gasteiger partial charge in [-0.2, -0.15) is 0 Å². The maximum Gasteiger partial charge on any atom is 0.183 e. The lowest BCUT2D eigenvalue weighted by atomic mass is 10.0. The van der Waals surface area contributed by atoms with Crippen molar-refractivity contribution in [1.29, 1.82) is 0 Å². The van der Waals surface area contributed by atoms with E-state index in [2.05, 4.69) is 67.7 Å². The molecule has 0 atom stereocenters. The summed E-state index contributed by atoms with van der Waals surface area (Å²) >= 11 is 0. The largest absolute Gasteiger partial charge is 0.381 e. The van der Waals surface area contributed by atoms with Crippen LogP contribution in [0.2, 0.25) is 0 Å². The second kappa shape index (κ2) is 9.45. The van der Waals surface area contributed by atoms with Crippen LogP contribution in [0.15, 0.2) is 48.5 Å². The van der Waals surface area contributed by atoms with Crippen molar-refractivity contribution in [2.45, 2.75) is 46.4 Å². The van der Waals surface area contributed by atoms with Crippen molar-refractivity contribution in [2.24, 2.45) is 0 Å². The van der Waals surface area contributed by atoms with E-state index in [1.54, 1.807) is 0 Å². The van der Waals surface area contributed by atoms with E-state index in [0.29, 0.717) is 19.1 Å². The first-order valence-corrected chi connectivity index (χ1v) is 8.79. The number of hydrogen-bond acceptors (Lipinski definition) is 3. The molecule has 0 spiro atoms. The Kier molecular flexibility index (Phi) is 7.29. The van der Waals surface area contributed by atoms with Crippen molar-refractivity contribution in [3.05, 3.63) is 65.2 Å². The SMILES string of the molecule is CCOC(OCC)c1ccc(CNc2ccc(C(C)C)cc2)cc1. The zero-order chi connectivity index (χ0) is 17.4. The summed E-state index contributed by atoms with van der Waals surface area (Å²) in [5.74, 6) is 0.565. The van der Waals surface area contributed by atoms with Crippen molar-refractivity contribution in [3.8, 4) is 0 Å². The highest BCUT2D eigenvalue weighted by molar-refractivity contribution is 5.45. The van der Waals surface area contributed by atoms with Crippen LogP contribution in [0, 0.1) is 0 Å². The molecule has 0 heterocycles. The fourth-order valence-corrected chi connectivity index (χ4v) is 2.53. The summed E-state index contributed by atoms with van der Waals surface area (Å²) in [7, 11) is 0. The summed E-state index contributed by atoms with van der Waals surface area (Å²) in [5.41, 5.74) is 4.80. The fourth-order valence-electron chi connectivity index (χ4n) is 2.53. The van der Waals surface area contributed by atoms with Crippen molar-refractivity contribution < 1.29 is 9.47 Å². The maximum atomic E-state index is 5.63. The van der Waals surface area contributed by atoms with Crippen LogP contribution in [0.4, 0.5) is 5.69 Å². The van der Waals surface area contributed by atoms with Gasteiger partial charge in [-0.3, -0.25) is 0 Å². The lowest BCUT2D eigenvalue weighted by Gasteiger charge is -2.17. The summed E-state index contributed by atoms with van der Waals surface area (Å²) in [5, 5.41) is 3.46. The van der Waals surface area contributed by atoms with Gasteiger partial charge in [-0.05, 0) is 43.0 Å². The van der Waals surface area contributed by atoms with E-state index in [9.17, 15) is 0 Å². The van der Waals surface area contributed by atoms with Gasteiger partial charge in [-0.1, -0.05) is 50.2 Å². The molecule has 0 radical (unpaired) electrons. The van der Waals surface area contributed by atoms with Crippen LogP contribution in [-0.2, 0) is 16.0 Å². The van der Waals surface area contributed by atoms with Gasteiger partial charge in [0.15, 0.2) is 6.29 Å². The van der Waals surface area contributed by atoms with Crippen LogP contribution < -0.4 is 5.32 Å². The fraction of sp³-hybridized carbons (Fsp3) is 0.429. The average Bonchev–Trinajstić information content (AvgIpc) is 2.60. The first kappa shape index (κ1) is 18.5. The van der Waals surface area contributed by atoms with Crippen LogP contribution in [0.5, 0.6) is 0 Å². The quantitative estimate of drug-likeness (QED) is 0.617. The van der Waals surface area contributed by atoms with Crippen LogP contribution in [0.1, 0.15) is 56.6 Å². The molecule has 0 bridgehead atoms. The zero-order valence-electron chi connectivity index (χ0n) is 15.2. The Hall–Kier alpha value is -1.84. The predicted octanol–water partition coefficient (Wildman–Crippen LogP) is 5.49. The Labute approximate surface area is 146 Å². The number of ether oxygens (including phenoxy) is 2. The molecule has 0 saturated carbocycles. The second-order valence-corrected chi connectivity index (χ2v) is 6.11. The first-order valence-electron chi connectivity index (χ1n) is 8.79. The molecule has 3 heteroatoms. The Morgan fingerprint density at radius 3 is 1.83 bits per heavy atom. The Morgan fingerprint density at radius 1 is 0.792 bits per heavy atom. The number of rotatable bonds is 9. The van der Waals surface area contributed by atoms with Gasteiger partial charge < -0.3 is 14.8 Å². The molecule has 2 rings (SSSR count). The van der Waals surface area contributed by atoms with E-state index in [-0.39, 0.29) is 6.29 Å². The van der Waals surface area contributed by atoms with Crippen LogP contribution >= 0.6 is 0 Å². The minimum atomic E-state index is -0.273. The van der Waals surface area contributed by atoms with E-state index in [4.69, 9.17) is 9.47 Å². The molecule has 0 unspecified atom stereocenters. The van der Waals surface area contributed by atoms with Gasteiger partial charge >= 0.3 is 0 Å². The number of nitrogens with one attached hydrogen (secondary N) is 1. The van der Waals surface area contributed by atoms with Gasteiger partial charge in [0.05, 0.1) is 0 Å². The molecular formula is C21H29NO2. The van der Waals surface area contributed by atoms with E-state index in [0.717, 1.165) is 17.8 Å². The van der Waals surface area contributed by atoms with Crippen LogP contribution in [0.25, 0.3) is 0 Å². The summed E-state index contributed by atoms with van der Waals surface area (Å²) in [4.78, 5) is 0. The van der Waals surface area contributed by atoms with Crippen molar-refractivity contribution in [3.63, 3.8) is 0 Å². The zero-order valence-corrected chi connectivity index (χ0v) is 15.2. The highest BCUT2D eigenvalue weighted by atomic mass is 16.7. The lowest BCUT2D eigenvalue weighted by Crippen LogP contribution is -2.09. The normalized spacial score (nSPS) is 11.2. The smallest absolute Gasteiger partial charge is 0.183 e. The minimum absolute atomic E-state index is 0.273. The molecule has 2 aromatic carbocycles. The molecule has 24 heavy (non-hydrogen) atoms. The molecule has 3 nitrogen and oxygen atoms in total. The Balaban J connectivity index is 1.93. The first-order chi connectivity index (χ1) is 11.6. The highest BCUT2D eigenvalue weighted by Crippen LogP contribution is 2.21. The summed E-state index contributed by atoms with van der Waals surface area (Å²) in [6, 6.07) is 17.1. The molecule has 0 aliphatic rings. The van der Waals surface area contributed by atoms with Crippen LogP contribution in [-0.4, -0.2) is 13.2 Å². The molecule has 2 aromatic rings. The predicted molar refractivity (Wildman–Crippen MR) is 100 cm³/mol. The van der Waals surface area contributed by atoms with E-state index in [1.165, 1.54) is 11.1 Å². The summed E-state index contributed by atoms with van der Waals surface area (Å²) < 4.78 is 11.3. The highest BCUT2D eigenvalue weighted by Gasteiger charge is 2.10. The van der Waals surface area contributed by atoms with Crippen LogP contribution in [0.3, 0.4) is 0 Å². The summed E-state index contributed by atoms with van der Waals surface area (Å²) in [6.07, 6.45) is -0.273. The second-order valence-electron chi connectivity index (χ2n) is 6.11. The Morgan fingerprint density at radius 2 is 1.33 bits per heavy atom. The molecule has 1 N–H and O–H groups in total. The molecule has 0 aliphatic carbocycles. The maximum absolute atomic E-state index is 5.63. The van der Waals surface area contributed by atoms with Crippen molar-refractivity contribution >= 4 is 5.69 Å². The lowest BCUT2D eigenvalue weighted by molar-refractivity contribution is -0.140. The third-order valence-corrected chi connectivity index (χ3v) is 3.96. The van der Waals surface area contributed by atoms with E-state index >= 15 is 0 Å². The Bertz CT molecular complexity index is 584. The monoisotopic (exact) mass is 327 g/mol. The van der Waals surface area contributed by atoms with Crippen molar-refractivity contribution in [1.82, 2.24) is 0 Å². The van der Waals surface area contributed by atoms with Gasteiger partial charge in [0.1, 0.15) is 0 Å². The summed E-state index contributed by atoms with van der Waals surface area (Å²) in [6.45, 7) is 10.5. The van der Waals surface area contributed by atoms with Gasteiger partial charge in [0.25, 0.3) is 0 Å². The van der Waals surface area contributed by atoms with Gasteiger partial charge in [-0.15, -0.1) is 0 Å². The average molecular weight is 327 g/mol. The third-order valence-electron chi connectivity index (χ3n) is 3.96. The van der Waals surface area contributed by atoms with Crippen molar-refractivity contribution in [2.75, 3.05) is 18.5 Å². The topological polar surface area (TPSA) is 30.5 Å². The minimum Gasteiger partial charge on any atom is -0.381 e. The third kappa shape index (κ3) is 5.36. The van der Waals surface area contributed by atoms with E-state index in [1.807, 2.05) is 13.8 Å². The molecule has 130 valence electrons. The van der Waals surface area contributed by atoms with Gasteiger partial charge in [0, 0.05) is 31.0 Å². The number of anilines is 1.